The molecular weight excluding hydrogens is 380 g/mol. The van der Waals surface area contributed by atoms with Crippen LogP contribution in [0.3, 0.4) is 0 Å². The highest BCUT2D eigenvalue weighted by Crippen LogP contribution is 2.22. The quantitative estimate of drug-likeness (QED) is 0.496. The summed E-state index contributed by atoms with van der Waals surface area (Å²) in [4.78, 5) is 15.0. The number of amides is 2. The molecule has 0 aromatic heterocycles. The number of carbonyl (C=O) groups excluding carboxylic acids is 1. The van der Waals surface area contributed by atoms with Crippen LogP contribution >= 0.6 is 11.6 Å². The molecule has 29 heavy (non-hydrogen) atoms. The minimum Gasteiger partial charge on any atom is -0.316 e. The monoisotopic (exact) mass is 406 g/mol. The Labute approximate surface area is 178 Å². The molecule has 0 unspecified atom stereocenters. The van der Waals surface area contributed by atoms with Crippen LogP contribution < -0.4 is 5.32 Å². The number of anilines is 1. The smallest absolute Gasteiger partial charge is 0.316 e. The van der Waals surface area contributed by atoms with Gasteiger partial charge in [-0.25, -0.2) is 4.79 Å². The van der Waals surface area contributed by atoms with Crippen molar-refractivity contribution in [1.82, 2.24) is 4.90 Å². The lowest BCUT2D eigenvalue weighted by Gasteiger charge is -2.25. The van der Waals surface area contributed by atoms with Gasteiger partial charge in [-0.05, 0) is 67.6 Å². The standard InChI is InChI=1S/C25H27ClN2O/c1-17-9-12-24(20(4)13-17)27-25(29)28(16-22-7-5-6-8-23(22)26)15-21-11-10-18(2)19(3)14-21/h5-14H,15-16H2,1-4H3,(H,27,29). The summed E-state index contributed by atoms with van der Waals surface area (Å²) in [6.07, 6.45) is 0. The van der Waals surface area contributed by atoms with Gasteiger partial charge in [-0.1, -0.05) is 65.7 Å². The van der Waals surface area contributed by atoms with E-state index in [0.717, 1.165) is 22.4 Å². The number of hydrogen-bond donors (Lipinski definition) is 1. The van der Waals surface area contributed by atoms with Crippen molar-refractivity contribution in [2.24, 2.45) is 0 Å². The second-order valence-corrected chi connectivity index (χ2v) is 8.02. The molecule has 3 aromatic carbocycles. The van der Waals surface area contributed by atoms with E-state index < -0.39 is 0 Å². The van der Waals surface area contributed by atoms with Crippen molar-refractivity contribution in [3.63, 3.8) is 0 Å². The van der Waals surface area contributed by atoms with Crippen LogP contribution in [0.15, 0.2) is 60.7 Å². The molecule has 0 saturated carbocycles. The number of nitrogens with zero attached hydrogens (tertiary/aromatic N) is 1. The highest BCUT2D eigenvalue weighted by atomic mass is 35.5. The van der Waals surface area contributed by atoms with E-state index in [4.69, 9.17) is 11.6 Å². The summed E-state index contributed by atoms with van der Waals surface area (Å²) in [5.74, 6) is 0. The van der Waals surface area contributed by atoms with Crippen LogP contribution in [0.4, 0.5) is 10.5 Å². The van der Waals surface area contributed by atoms with E-state index in [1.807, 2.05) is 50.2 Å². The van der Waals surface area contributed by atoms with Crippen molar-refractivity contribution in [3.8, 4) is 0 Å². The Morgan fingerprint density at radius 1 is 0.862 bits per heavy atom. The van der Waals surface area contributed by atoms with Gasteiger partial charge < -0.3 is 10.2 Å². The number of urea groups is 1. The molecule has 150 valence electrons. The highest BCUT2D eigenvalue weighted by molar-refractivity contribution is 6.31. The molecule has 0 heterocycles. The zero-order valence-electron chi connectivity index (χ0n) is 17.4. The minimum atomic E-state index is -0.143. The Morgan fingerprint density at radius 2 is 1.62 bits per heavy atom. The first-order valence-corrected chi connectivity index (χ1v) is 10.1. The molecule has 0 aliphatic rings. The van der Waals surface area contributed by atoms with Gasteiger partial charge in [0.25, 0.3) is 0 Å². The molecule has 0 fully saturated rings. The van der Waals surface area contributed by atoms with Crippen LogP contribution in [-0.4, -0.2) is 10.9 Å². The van der Waals surface area contributed by atoms with Crippen LogP contribution in [0.25, 0.3) is 0 Å². The molecule has 0 spiro atoms. The minimum absolute atomic E-state index is 0.143. The summed E-state index contributed by atoms with van der Waals surface area (Å²) in [7, 11) is 0. The summed E-state index contributed by atoms with van der Waals surface area (Å²) in [6.45, 7) is 9.17. The van der Waals surface area contributed by atoms with E-state index >= 15 is 0 Å². The third-order valence-electron chi connectivity index (χ3n) is 5.17. The first-order chi connectivity index (χ1) is 13.8. The molecule has 0 saturated heterocycles. The number of rotatable bonds is 5. The van der Waals surface area contributed by atoms with E-state index in [1.54, 1.807) is 4.90 Å². The highest BCUT2D eigenvalue weighted by Gasteiger charge is 2.17. The van der Waals surface area contributed by atoms with Gasteiger partial charge in [-0.2, -0.15) is 0 Å². The first kappa shape index (κ1) is 20.9. The molecular formula is C25H27ClN2O. The molecule has 0 bridgehead atoms. The maximum Gasteiger partial charge on any atom is 0.322 e. The summed E-state index contributed by atoms with van der Waals surface area (Å²) < 4.78 is 0. The molecule has 0 aliphatic heterocycles. The second-order valence-electron chi connectivity index (χ2n) is 7.61. The lowest BCUT2D eigenvalue weighted by molar-refractivity contribution is 0.206. The predicted molar refractivity (Wildman–Crippen MR) is 122 cm³/mol. The number of halogens is 1. The average molecular weight is 407 g/mol. The number of benzene rings is 3. The van der Waals surface area contributed by atoms with Crippen LogP contribution in [0.2, 0.25) is 5.02 Å². The maximum atomic E-state index is 13.2. The summed E-state index contributed by atoms with van der Waals surface area (Å²) >= 11 is 6.37. The molecule has 3 aromatic rings. The van der Waals surface area contributed by atoms with Crippen LogP contribution in [-0.2, 0) is 13.1 Å². The molecule has 3 rings (SSSR count). The van der Waals surface area contributed by atoms with Crippen molar-refractivity contribution in [2.45, 2.75) is 40.8 Å². The normalized spacial score (nSPS) is 10.7. The summed E-state index contributed by atoms with van der Waals surface area (Å²) in [6, 6.07) is 19.8. The third kappa shape index (κ3) is 5.39. The lowest BCUT2D eigenvalue weighted by atomic mass is 10.1. The van der Waals surface area contributed by atoms with E-state index in [2.05, 4.69) is 43.4 Å². The van der Waals surface area contributed by atoms with Gasteiger partial charge in [-0.3, -0.25) is 0 Å². The molecule has 0 atom stereocenters. The fourth-order valence-corrected chi connectivity index (χ4v) is 3.50. The fraction of sp³-hybridized carbons (Fsp3) is 0.240. The topological polar surface area (TPSA) is 32.3 Å². The van der Waals surface area contributed by atoms with Gasteiger partial charge in [0.15, 0.2) is 0 Å². The fourth-order valence-electron chi connectivity index (χ4n) is 3.30. The van der Waals surface area contributed by atoms with Crippen molar-refractivity contribution in [2.75, 3.05) is 5.32 Å². The Bertz CT molecular complexity index is 1030. The van der Waals surface area contributed by atoms with Crippen molar-refractivity contribution in [1.29, 1.82) is 0 Å². The largest absolute Gasteiger partial charge is 0.322 e. The predicted octanol–water partition coefficient (Wildman–Crippen LogP) is 6.81. The van der Waals surface area contributed by atoms with Gasteiger partial charge in [0, 0.05) is 23.8 Å². The van der Waals surface area contributed by atoms with Gasteiger partial charge in [0.1, 0.15) is 0 Å². The molecule has 4 heteroatoms. The van der Waals surface area contributed by atoms with Gasteiger partial charge in [0.05, 0.1) is 0 Å². The van der Waals surface area contributed by atoms with Gasteiger partial charge in [0.2, 0.25) is 0 Å². The van der Waals surface area contributed by atoms with Crippen molar-refractivity contribution < 1.29 is 4.79 Å². The van der Waals surface area contributed by atoms with Gasteiger partial charge in [-0.15, -0.1) is 0 Å². The van der Waals surface area contributed by atoms with E-state index in [-0.39, 0.29) is 6.03 Å². The zero-order valence-corrected chi connectivity index (χ0v) is 18.2. The molecule has 1 N–H and O–H groups in total. The number of aryl methyl sites for hydroxylation is 4. The Hall–Kier alpha value is -2.78. The number of carbonyl (C=O) groups is 1. The average Bonchev–Trinajstić information content (AvgIpc) is 2.68. The van der Waals surface area contributed by atoms with E-state index in [9.17, 15) is 4.79 Å². The Balaban J connectivity index is 1.87. The van der Waals surface area contributed by atoms with Crippen LogP contribution in [0.5, 0.6) is 0 Å². The Kier molecular flexibility index (Phi) is 6.60. The molecule has 2 amide bonds. The van der Waals surface area contributed by atoms with E-state index in [0.29, 0.717) is 18.1 Å². The summed E-state index contributed by atoms with van der Waals surface area (Å²) in [5.41, 5.74) is 7.52. The lowest BCUT2D eigenvalue weighted by Crippen LogP contribution is -2.34. The van der Waals surface area contributed by atoms with Gasteiger partial charge >= 0.3 is 6.03 Å². The SMILES string of the molecule is Cc1ccc(NC(=O)N(Cc2ccc(C)c(C)c2)Cc2ccccc2Cl)c(C)c1. The van der Waals surface area contributed by atoms with Crippen LogP contribution in [0, 0.1) is 27.7 Å². The maximum absolute atomic E-state index is 13.2. The van der Waals surface area contributed by atoms with Crippen molar-refractivity contribution >= 4 is 23.3 Å². The zero-order chi connectivity index (χ0) is 21.0. The first-order valence-electron chi connectivity index (χ1n) is 9.76. The van der Waals surface area contributed by atoms with E-state index in [1.165, 1.54) is 16.7 Å². The second kappa shape index (κ2) is 9.15. The number of nitrogens with one attached hydrogen (secondary N) is 1. The third-order valence-corrected chi connectivity index (χ3v) is 5.54. The van der Waals surface area contributed by atoms with Crippen molar-refractivity contribution in [3.05, 3.63) is 99.1 Å². The van der Waals surface area contributed by atoms with Crippen LogP contribution in [0.1, 0.15) is 33.4 Å². The Morgan fingerprint density at radius 3 is 2.31 bits per heavy atom. The molecule has 0 aliphatic carbocycles. The molecule has 0 radical (unpaired) electrons. The summed E-state index contributed by atoms with van der Waals surface area (Å²) in [5, 5.41) is 3.73. The molecule has 3 nitrogen and oxygen atoms in total. The number of hydrogen-bond acceptors (Lipinski definition) is 1.